The van der Waals surface area contributed by atoms with E-state index in [4.69, 9.17) is 0 Å². The maximum absolute atomic E-state index is 13.2. The summed E-state index contributed by atoms with van der Waals surface area (Å²) in [6.45, 7) is 10.2. The average Bonchev–Trinajstić information content (AvgIpc) is 2.80. The highest BCUT2D eigenvalue weighted by Gasteiger charge is 2.19. The van der Waals surface area contributed by atoms with Gasteiger partial charge < -0.3 is 5.32 Å². The molecule has 0 atom stereocenters. The van der Waals surface area contributed by atoms with Crippen LogP contribution in [-0.2, 0) is 0 Å². The van der Waals surface area contributed by atoms with E-state index in [0.29, 0.717) is 16.7 Å². The van der Waals surface area contributed by atoms with E-state index < -0.39 is 0 Å². The lowest BCUT2D eigenvalue weighted by Crippen LogP contribution is -2.18. The molecule has 0 aliphatic carbocycles. The molecule has 0 saturated carbocycles. The molecule has 0 aliphatic heterocycles. The summed E-state index contributed by atoms with van der Waals surface area (Å²) < 4.78 is 2.25. The summed E-state index contributed by atoms with van der Waals surface area (Å²) in [5, 5.41) is 3.04. The molecule has 0 radical (unpaired) electrons. The third kappa shape index (κ3) is 5.43. The first-order valence-electron chi connectivity index (χ1n) is 10.5. The van der Waals surface area contributed by atoms with Crippen LogP contribution in [0.25, 0.3) is 0 Å². The van der Waals surface area contributed by atoms with Crippen molar-refractivity contribution >= 4 is 29.3 Å². The lowest BCUT2D eigenvalue weighted by molar-refractivity contribution is 0.0996. The van der Waals surface area contributed by atoms with Gasteiger partial charge in [0.1, 0.15) is 0 Å². The summed E-state index contributed by atoms with van der Waals surface area (Å²) >= 11 is 1.68. The molecule has 3 aromatic carbocycles. The predicted molar refractivity (Wildman–Crippen MR) is 129 cm³/mol. The van der Waals surface area contributed by atoms with Gasteiger partial charge in [0.25, 0.3) is 5.91 Å². The van der Waals surface area contributed by atoms with Crippen LogP contribution in [-0.4, -0.2) is 29.1 Å². The standard InChI is InChI=1S/C26H28N2O2S/c1-5-28(6-2)31-21-16-18(3)19(4)24(17-21)27-26(30)23-15-11-10-14-22(23)25(29)20-12-8-7-9-13-20/h7-17H,5-6H2,1-4H3,(H,27,30). The summed E-state index contributed by atoms with van der Waals surface area (Å²) in [6.07, 6.45) is 0. The van der Waals surface area contributed by atoms with Crippen molar-refractivity contribution in [3.05, 3.63) is 94.5 Å². The summed E-state index contributed by atoms with van der Waals surface area (Å²) in [4.78, 5) is 27.3. The second-order valence-electron chi connectivity index (χ2n) is 7.31. The van der Waals surface area contributed by atoms with E-state index in [1.807, 2.05) is 38.1 Å². The van der Waals surface area contributed by atoms with E-state index in [2.05, 4.69) is 29.5 Å². The molecule has 31 heavy (non-hydrogen) atoms. The number of ketones is 1. The number of amides is 1. The van der Waals surface area contributed by atoms with Crippen molar-refractivity contribution in [3.8, 4) is 0 Å². The SMILES string of the molecule is CCN(CC)Sc1cc(C)c(C)c(NC(=O)c2ccccc2C(=O)c2ccccc2)c1. The molecule has 0 aromatic heterocycles. The number of hydrogen-bond donors (Lipinski definition) is 1. The number of aryl methyl sites for hydroxylation is 1. The Morgan fingerprint density at radius 2 is 1.48 bits per heavy atom. The van der Waals surface area contributed by atoms with Gasteiger partial charge in [-0.15, -0.1) is 0 Å². The summed E-state index contributed by atoms with van der Waals surface area (Å²) in [7, 11) is 0. The average molecular weight is 433 g/mol. The molecule has 0 saturated heterocycles. The molecular formula is C26H28N2O2S. The van der Waals surface area contributed by atoms with E-state index in [9.17, 15) is 9.59 Å². The Morgan fingerprint density at radius 1 is 0.871 bits per heavy atom. The molecule has 1 N–H and O–H groups in total. The molecular weight excluding hydrogens is 404 g/mol. The van der Waals surface area contributed by atoms with Gasteiger partial charge in [-0.3, -0.25) is 9.59 Å². The van der Waals surface area contributed by atoms with Crippen LogP contribution in [0.5, 0.6) is 0 Å². The Balaban J connectivity index is 1.90. The Morgan fingerprint density at radius 3 is 2.13 bits per heavy atom. The summed E-state index contributed by atoms with van der Waals surface area (Å²) in [5.41, 5.74) is 4.23. The first-order valence-corrected chi connectivity index (χ1v) is 11.3. The van der Waals surface area contributed by atoms with Crippen LogP contribution in [0.2, 0.25) is 0 Å². The highest BCUT2D eigenvalue weighted by molar-refractivity contribution is 7.97. The van der Waals surface area contributed by atoms with Crippen molar-refractivity contribution in [3.63, 3.8) is 0 Å². The third-order valence-electron chi connectivity index (χ3n) is 5.28. The van der Waals surface area contributed by atoms with E-state index in [-0.39, 0.29) is 11.7 Å². The fraction of sp³-hybridized carbons (Fsp3) is 0.231. The lowest BCUT2D eigenvalue weighted by atomic mass is 9.97. The fourth-order valence-electron chi connectivity index (χ4n) is 3.32. The number of benzene rings is 3. The second-order valence-corrected chi connectivity index (χ2v) is 8.48. The van der Waals surface area contributed by atoms with Crippen molar-refractivity contribution in [1.29, 1.82) is 0 Å². The minimum atomic E-state index is -0.285. The van der Waals surface area contributed by atoms with Crippen molar-refractivity contribution < 1.29 is 9.59 Å². The van der Waals surface area contributed by atoms with Crippen LogP contribution in [0.3, 0.4) is 0 Å². The third-order valence-corrected chi connectivity index (χ3v) is 6.50. The zero-order valence-corrected chi connectivity index (χ0v) is 19.3. The highest BCUT2D eigenvalue weighted by Crippen LogP contribution is 2.30. The minimum absolute atomic E-state index is 0.162. The van der Waals surface area contributed by atoms with Gasteiger partial charge in [-0.1, -0.05) is 62.4 Å². The van der Waals surface area contributed by atoms with E-state index in [1.165, 1.54) is 0 Å². The van der Waals surface area contributed by atoms with E-state index >= 15 is 0 Å². The van der Waals surface area contributed by atoms with Gasteiger partial charge in [0, 0.05) is 34.8 Å². The smallest absolute Gasteiger partial charge is 0.256 e. The van der Waals surface area contributed by atoms with Crippen molar-refractivity contribution in [2.24, 2.45) is 0 Å². The number of anilines is 1. The van der Waals surface area contributed by atoms with Crippen LogP contribution in [0, 0.1) is 13.8 Å². The molecule has 5 heteroatoms. The number of carbonyl (C=O) groups excluding carboxylic acids is 2. The fourth-order valence-corrected chi connectivity index (χ4v) is 4.28. The summed E-state index contributed by atoms with van der Waals surface area (Å²) in [5.74, 6) is -0.447. The molecule has 3 aromatic rings. The van der Waals surface area contributed by atoms with Crippen molar-refractivity contribution in [1.82, 2.24) is 4.31 Å². The zero-order valence-electron chi connectivity index (χ0n) is 18.4. The minimum Gasteiger partial charge on any atom is -0.322 e. The monoisotopic (exact) mass is 432 g/mol. The molecule has 4 nitrogen and oxygen atoms in total. The van der Waals surface area contributed by atoms with Gasteiger partial charge >= 0.3 is 0 Å². The van der Waals surface area contributed by atoms with Gasteiger partial charge in [-0.05, 0) is 55.1 Å². The van der Waals surface area contributed by atoms with Crippen LogP contribution in [0.1, 0.15) is 51.3 Å². The van der Waals surface area contributed by atoms with Gasteiger partial charge in [-0.25, -0.2) is 4.31 Å². The zero-order chi connectivity index (χ0) is 22.4. The molecule has 1 amide bonds. The maximum Gasteiger partial charge on any atom is 0.256 e. The Hall–Kier alpha value is -2.89. The van der Waals surface area contributed by atoms with Crippen LogP contribution >= 0.6 is 11.9 Å². The Kier molecular flexibility index (Phi) is 7.66. The van der Waals surface area contributed by atoms with Gasteiger partial charge in [0.15, 0.2) is 5.78 Å². The number of carbonyl (C=O) groups is 2. The van der Waals surface area contributed by atoms with Crippen LogP contribution in [0.15, 0.2) is 71.6 Å². The highest BCUT2D eigenvalue weighted by atomic mass is 32.2. The van der Waals surface area contributed by atoms with Gasteiger partial charge in [0.05, 0.1) is 5.56 Å². The molecule has 3 rings (SSSR count). The van der Waals surface area contributed by atoms with Crippen LogP contribution in [0.4, 0.5) is 5.69 Å². The lowest BCUT2D eigenvalue weighted by Gasteiger charge is -2.19. The quantitative estimate of drug-likeness (QED) is 0.343. The van der Waals surface area contributed by atoms with E-state index in [1.54, 1.807) is 48.3 Å². The largest absolute Gasteiger partial charge is 0.322 e. The number of hydrogen-bond acceptors (Lipinski definition) is 4. The maximum atomic E-state index is 13.2. The summed E-state index contributed by atoms with van der Waals surface area (Å²) in [6, 6.07) is 20.1. The molecule has 0 heterocycles. The molecule has 160 valence electrons. The molecule has 0 spiro atoms. The number of nitrogens with one attached hydrogen (secondary N) is 1. The normalized spacial score (nSPS) is 10.9. The molecule has 0 unspecified atom stereocenters. The van der Waals surface area contributed by atoms with Crippen molar-refractivity contribution in [2.75, 3.05) is 18.4 Å². The van der Waals surface area contributed by atoms with Gasteiger partial charge in [0.2, 0.25) is 0 Å². The topological polar surface area (TPSA) is 49.4 Å². The predicted octanol–water partition coefficient (Wildman–Crippen LogP) is 6.14. The first-order chi connectivity index (χ1) is 14.9. The molecule has 0 fully saturated rings. The number of rotatable bonds is 8. The Bertz CT molecular complexity index is 1080. The molecule has 0 bridgehead atoms. The number of nitrogens with zero attached hydrogens (tertiary/aromatic N) is 1. The van der Waals surface area contributed by atoms with Crippen LogP contribution < -0.4 is 5.32 Å². The van der Waals surface area contributed by atoms with Crippen molar-refractivity contribution in [2.45, 2.75) is 32.6 Å². The second kappa shape index (κ2) is 10.4. The molecule has 0 aliphatic rings. The Labute approximate surface area is 188 Å². The first kappa shape index (κ1) is 22.8. The van der Waals surface area contributed by atoms with E-state index in [0.717, 1.165) is 34.8 Å². The van der Waals surface area contributed by atoms with Gasteiger partial charge in [-0.2, -0.15) is 0 Å².